The van der Waals surface area contributed by atoms with Crippen LogP contribution in [-0.4, -0.2) is 50.8 Å². The van der Waals surface area contributed by atoms with Crippen molar-refractivity contribution in [2.75, 3.05) is 39.9 Å². The van der Waals surface area contributed by atoms with Gasteiger partial charge in [-0.1, -0.05) is 30.3 Å². The Morgan fingerprint density at radius 1 is 1.32 bits per heavy atom. The number of rotatable bonds is 6. The van der Waals surface area contributed by atoms with Crippen LogP contribution in [0.1, 0.15) is 11.1 Å². The van der Waals surface area contributed by atoms with Gasteiger partial charge in [-0.3, -0.25) is 9.89 Å². The van der Waals surface area contributed by atoms with E-state index in [-0.39, 0.29) is 0 Å². The number of morpholine rings is 1. The molecule has 5 heteroatoms. The molecular formula is C17H26N4O. The minimum Gasteiger partial charge on any atom is -0.379 e. The molecule has 0 spiro atoms. The summed E-state index contributed by atoms with van der Waals surface area (Å²) in [6, 6.07) is 8.69. The van der Waals surface area contributed by atoms with Crippen molar-refractivity contribution in [1.29, 1.82) is 0 Å². The third kappa shape index (κ3) is 5.50. The van der Waals surface area contributed by atoms with Gasteiger partial charge in [0.1, 0.15) is 0 Å². The number of guanidine groups is 1. The number of nitrogens with one attached hydrogen (secondary N) is 2. The molecule has 0 amide bonds. The first-order chi connectivity index (χ1) is 10.8. The lowest BCUT2D eigenvalue weighted by Crippen LogP contribution is -2.37. The van der Waals surface area contributed by atoms with Crippen molar-refractivity contribution in [2.24, 2.45) is 4.99 Å². The van der Waals surface area contributed by atoms with Crippen LogP contribution in [-0.2, 0) is 17.8 Å². The molecular weight excluding hydrogens is 276 g/mol. The van der Waals surface area contributed by atoms with Gasteiger partial charge in [0.2, 0.25) is 0 Å². The lowest BCUT2D eigenvalue weighted by Gasteiger charge is -2.26. The molecule has 1 aliphatic heterocycles. The van der Waals surface area contributed by atoms with Crippen LogP contribution in [0.2, 0.25) is 0 Å². The van der Waals surface area contributed by atoms with Crippen molar-refractivity contribution < 1.29 is 4.74 Å². The fourth-order valence-corrected chi connectivity index (χ4v) is 2.43. The van der Waals surface area contributed by atoms with E-state index >= 15 is 0 Å². The van der Waals surface area contributed by atoms with Crippen LogP contribution in [0.15, 0.2) is 41.9 Å². The van der Waals surface area contributed by atoms with Crippen molar-refractivity contribution in [3.05, 3.63) is 48.0 Å². The van der Waals surface area contributed by atoms with Gasteiger partial charge in [0.15, 0.2) is 5.96 Å². The van der Waals surface area contributed by atoms with Crippen LogP contribution in [0.4, 0.5) is 0 Å². The van der Waals surface area contributed by atoms with E-state index in [9.17, 15) is 0 Å². The van der Waals surface area contributed by atoms with Gasteiger partial charge in [0.05, 0.1) is 13.2 Å². The van der Waals surface area contributed by atoms with Crippen molar-refractivity contribution >= 4 is 5.96 Å². The molecule has 1 aromatic rings. The predicted molar refractivity (Wildman–Crippen MR) is 90.9 cm³/mol. The van der Waals surface area contributed by atoms with Gasteiger partial charge in [0.25, 0.3) is 0 Å². The highest BCUT2D eigenvalue weighted by atomic mass is 16.5. The van der Waals surface area contributed by atoms with E-state index in [1.807, 2.05) is 6.08 Å². The molecule has 1 heterocycles. The maximum atomic E-state index is 5.39. The van der Waals surface area contributed by atoms with Gasteiger partial charge < -0.3 is 15.4 Å². The van der Waals surface area contributed by atoms with Gasteiger partial charge in [-0.2, -0.15) is 0 Å². The average molecular weight is 302 g/mol. The maximum Gasteiger partial charge on any atom is 0.191 e. The second-order valence-electron chi connectivity index (χ2n) is 5.30. The standard InChI is InChI=1S/C17H26N4O/c1-3-7-19-17(18-2)20-13-15-5-4-6-16(12-15)14-21-8-10-22-11-9-21/h3-6,12H,1,7-11,13-14H2,2H3,(H2,18,19,20). The third-order valence-corrected chi connectivity index (χ3v) is 3.60. The Kier molecular flexibility index (Phi) is 6.93. The molecule has 0 bridgehead atoms. The second-order valence-corrected chi connectivity index (χ2v) is 5.30. The van der Waals surface area contributed by atoms with Gasteiger partial charge in [0, 0.05) is 39.8 Å². The third-order valence-electron chi connectivity index (χ3n) is 3.60. The summed E-state index contributed by atoms with van der Waals surface area (Å²) in [5.74, 6) is 0.790. The Morgan fingerprint density at radius 3 is 2.82 bits per heavy atom. The van der Waals surface area contributed by atoms with Crippen molar-refractivity contribution in [2.45, 2.75) is 13.1 Å². The second kappa shape index (κ2) is 9.23. The van der Waals surface area contributed by atoms with Crippen LogP contribution in [0, 0.1) is 0 Å². The zero-order valence-corrected chi connectivity index (χ0v) is 13.3. The minimum atomic E-state index is 0.705. The number of hydrogen-bond donors (Lipinski definition) is 2. The Labute approximate surface area is 133 Å². The van der Waals surface area contributed by atoms with Crippen molar-refractivity contribution in [3.63, 3.8) is 0 Å². The molecule has 0 radical (unpaired) electrons. The number of nitrogens with zero attached hydrogens (tertiary/aromatic N) is 2. The molecule has 1 fully saturated rings. The van der Waals surface area contributed by atoms with E-state index in [1.54, 1.807) is 7.05 Å². The van der Waals surface area contributed by atoms with Crippen LogP contribution in [0.3, 0.4) is 0 Å². The van der Waals surface area contributed by atoms with Crippen LogP contribution < -0.4 is 10.6 Å². The molecule has 5 nitrogen and oxygen atoms in total. The quantitative estimate of drug-likeness (QED) is 0.473. The summed E-state index contributed by atoms with van der Waals surface area (Å²) in [6.07, 6.45) is 1.82. The van der Waals surface area contributed by atoms with Crippen molar-refractivity contribution in [3.8, 4) is 0 Å². The minimum absolute atomic E-state index is 0.705. The summed E-state index contributed by atoms with van der Waals surface area (Å²) in [6.45, 7) is 9.85. The van der Waals surface area contributed by atoms with E-state index in [2.05, 4.69) is 51.4 Å². The summed E-state index contributed by atoms with van der Waals surface area (Å²) in [5, 5.41) is 6.48. The van der Waals surface area contributed by atoms with Crippen molar-refractivity contribution in [1.82, 2.24) is 15.5 Å². The molecule has 22 heavy (non-hydrogen) atoms. The van der Waals surface area contributed by atoms with Gasteiger partial charge >= 0.3 is 0 Å². The number of ether oxygens (including phenoxy) is 1. The van der Waals surface area contributed by atoms with Crippen LogP contribution >= 0.6 is 0 Å². The molecule has 0 aromatic heterocycles. The smallest absolute Gasteiger partial charge is 0.191 e. The van der Waals surface area contributed by atoms with E-state index in [1.165, 1.54) is 11.1 Å². The Balaban J connectivity index is 1.86. The predicted octanol–water partition coefficient (Wildman–Crippen LogP) is 1.37. The normalized spacial score (nSPS) is 16.3. The molecule has 2 N–H and O–H groups in total. The fourth-order valence-electron chi connectivity index (χ4n) is 2.43. The van der Waals surface area contributed by atoms with Gasteiger partial charge in [-0.05, 0) is 11.1 Å². The van der Waals surface area contributed by atoms with Crippen LogP contribution in [0.25, 0.3) is 0 Å². The zero-order chi connectivity index (χ0) is 15.6. The summed E-state index contributed by atoms with van der Waals surface area (Å²) in [5.41, 5.74) is 2.60. The number of hydrogen-bond acceptors (Lipinski definition) is 3. The molecule has 0 saturated carbocycles. The number of aliphatic imine (C=N–C) groups is 1. The summed E-state index contributed by atoms with van der Waals surface area (Å²) in [7, 11) is 1.77. The summed E-state index contributed by atoms with van der Waals surface area (Å²) in [4.78, 5) is 6.61. The van der Waals surface area contributed by atoms with E-state index in [0.29, 0.717) is 6.54 Å². The molecule has 1 aromatic carbocycles. The average Bonchev–Trinajstić information content (AvgIpc) is 2.56. The Morgan fingerprint density at radius 2 is 2.09 bits per heavy atom. The zero-order valence-electron chi connectivity index (χ0n) is 13.3. The van der Waals surface area contributed by atoms with Crippen LogP contribution in [0.5, 0.6) is 0 Å². The highest BCUT2D eigenvalue weighted by molar-refractivity contribution is 5.79. The lowest BCUT2D eigenvalue weighted by atomic mass is 10.1. The molecule has 0 atom stereocenters. The summed E-state index contributed by atoms with van der Waals surface area (Å²) >= 11 is 0. The Hall–Kier alpha value is -1.85. The van der Waals surface area contributed by atoms with Gasteiger partial charge in [-0.15, -0.1) is 6.58 Å². The highest BCUT2D eigenvalue weighted by Gasteiger charge is 2.10. The largest absolute Gasteiger partial charge is 0.379 e. The maximum absolute atomic E-state index is 5.39. The molecule has 1 aliphatic rings. The summed E-state index contributed by atoms with van der Waals surface area (Å²) < 4.78 is 5.39. The fraction of sp³-hybridized carbons (Fsp3) is 0.471. The first kappa shape index (κ1) is 16.5. The molecule has 0 unspecified atom stereocenters. The highest BCUT2D eigenvalue weighted by Crippen LogP contribution is 2.10. The molecule has 2 rings (SSSR count). The Bertz CT molecular complexity index is 495. The van der Waals surface area contributed by atoms with E-state index in [0.717, 1.165) is 45.4 Å². The molecule has 120 valence electrons. The first-order valence-corrected chi connectivity index (χ1v) is 7.75. The van der Waals surface area contributed by atoms with E-state index < -0.39 is 0 Å². The molecule has 0 aliphatic carbocycles. The SMILES string of the molecule is C=CCNC(=NC)NCc1cccc(CN2CCOCC2)c1. The topological polar surface area (TPSA) is 48.9 Å². The lowest BCUT2D eigenvalue weighted by molar-refractivity contribution is 0.0342. The monoisotopic (exact) mass is 302 g/mol. The number of benzene rings is 1. The van der Waals surface area contributed by atoms with Gasteiger partial charge in [-0.25, -0.2) is 0 Å². The molecule has 1 saturated heterocycles. The van der Waals surface area contributed by atoms with E-state index in [4.69, 9.17) is 4.74 Å². The first-order valence-electron chi connectivity index (χ1n) is 7.75.